The summed E-state index contributed by atoms with van der Waals surface area (Å²) in [5.74, 6) is -4.47. The van der Waals surface area contributed by atoms with Crippen molar-refractivity contribution in [3.63, 3.8) is 0 Å². The molecule has 0 aromatic heterocycles. The molecule has 0 unspecified atom stereocenters. The monoisotopic (exact) mass is 892 g/mol. The van der Waals surface area contributed by atoms with Crippen LogP contribution >= 0.6 is 0 Å². The standard InChI is InChI=1S/C42H62O16.2H3N.2H2O/c1-37(2)21-8-11-42(7)31(20(43)16-18-19-17-39(4,36(53)54)13-12-38(19,3)14-15-41(18,42)6)40(21,5)10-9-22(37)55-35-30(26(47)25(46)29(57-35)33(51)52)58-34-27(48)23(44)24(45)28(56-34)32(49)50;;;;/h16,19,21-31,34-35,44-48H,8-15,17H2,1-7H3,(H,49,50)(H,51,52)(H,53,54);2*1H3;2*1H2/t19-,21-,22-,23-,24-,25-,26-,27+,28-,29-,30+,31+,34+,35-,38+,39-,40-,41+,42+;;;;/m0..../s1. The fraction of sp³-hybridized carbons (Fsp3) is 0.857. The zero-order chi connectivity index (χ0) is 42.9. The van der Waals surface area contributed by atoms with Gasteiger partial charge in [0.2, 0.25) is 0 Å². The molecule has 0 spiro atoms. The molecule has 6 fully saturated rings. The third-order valence-electron chi connectivity index (χ3n) is 17.2. The molecule has 2 heterocycles. The van der Waals surface area contributed by atoms with Gasteiger partial charge in [-0.05, 0) is 110 Å². The zero-order valence-electron chi connectivity index (χ0n) is 36.8. The summed E-state index contributed by atoms with van der Waals surface area (Å²) in [6.07, 6.45) is -12.2. The lowest BCUT2D eigenvalue weighted by Gasteiger charge is -2.70. The quantitative estimate of drug-likeness (QED) is 0.159. The Morgan fingerprint density at radius 1 is 0.677 bits per heavy atom. The van der Waals surface area contributed by atoms with Crippen LogP contribution in [0.3, 0.4) is 0 Å². The molecule has 0 radical (unpaired) electrons. The number of carbonyl (C=O) groups is 4. The van der Waals surface area contributed by atoms with E-state index in [1.165, 1.54) is 0 Å². The van der Waals surface area contributed by atoms with Gasteiger partial charge in [-0.2, -0.15) is 0 Å². The summed E-state index contributed by atoms with van der Waals surface area (Å²) in [6, 6.07) is 0. The number of ether oxygens (including phenoxy) is 4. The molecule has 0 aromatic rings. The molecule has 2 saturated heterocycles. The van der Waals surface area contributed by atoms with Crippen molar-refractivity contribution in [1.29, 1.82) is 0 Å². The van der Waals surface area contributed by atoms with Crippen LogP contribution < -0.4 is 12.3 Å². The zero-order valence-corrected chi connectivity index (χ0v) is 36.8. The van der Waals surface area contributed by atoms with Crippen LogP contribution in [0.25, 0.3) is 0 Å². The van der Waals surface area contributed by atoms with E-state index in [2.05, 4.69) is 27.7 Å². The Hall–Kier alpha value is -2.70. The SMILES string of the molecule is CC1(C)[C@@H](O[C@H]2O[C@H](C(=O)O)[C@@H](O)[C@H](O)[C@H]2O[C@H]2O[C@H](C(=O)O)[C@@H](O)[C@H](O)[C@H]2O)CC[C@]2(C)[C@H]3C(=O)C=C4[C@@H]5C[C@@](C)(C(=O)O)CC[C@]5(C)CC[C@@]4(C)[C@]3(C)CC[C@@H]12.N.N.O.O. The number of rotatable bonds is 7. The van der Waals surface area contributed by atoms with Gasteiger partial charge < -0.3 is 83.1 Å². The molecule has 5 aliphatic carbocycles. The van der Waals surface area contributed by atoms with Gasteiger partial charge in [0.1, 0.15) is 36.6 Å². The predicted octanol–water partition coefficient (Wildman–Crippen LogP) is 0.920. The molecule has 20 heteroatoms. The van der Waals surface area contributed by atoms with Crippen molar-refractivity contribution >= 4 is 23.7 Å². The lowest BCUT2D eigenvalue weighted by atomic mass is 9.33. The van der Waals surface area contributed by atoms with Crippen molar-refractivity contribution < 1.29 is 89.9 Å². The maximum Gasteiger partial charge on any atom is 0.335 e. The number of carbonyl (C=O) groups excluding carboxylic acids is 1. The number of hydrogen-bond acceptors (Lipinski definition) is 15. The van der Waals surface area contributed by atoms with Crippen LogP contribution in [0.1, 0.15) is 106 Å². The maximum atomic E-state index is 14.8. The van der Waals surface area contributed by atoms with Crippen LogP contribution in [0.2, 0.25) is 0 Å². The summed E-state index contributed by atoms with van der Waals surface area (Å²) in [5.41, 5.74) is -1.81. The highest BCUT2D eigenvalue weighted by Crippen LogP contribution is 2.75. The van der Waals surface area contributed by atoms with Gasteiger partial charge in [-0.25, -0.2) is 9.59 Å². The number of aliphatic hydroxyl groups is 5. The van der Waals surface area contributed by atoms with Crippen molar-refractivity contribution in [2.24, 2.45) is 50.2 Å². The number of ketones is 1. The Morgan fingerprint density at radius 2 is 1.23 bits per heavy atom. The molecule has 7 rings (SSSR count). The first-order valence-corrected chi connectivity index (χ1v) is 20.7. The number of aliphatic carboxylic acids is 3. The largest absolute Gasteiger partial charge is 0.481 e. The Kier molecular flexibility index (Phi) is 15.2. The topological polar surface area (TPSA) is 400 Å². The fourth-order valence-corrected chi connectivity index (χ4v) is 13.4. The van der Waals surface area contributed by atoms with E-state index in [0.29, 0.717) is 25.7 Å². The number of hydrogen-bond donors (Lipinski definition) is 10. The van der Waals surface area contributed by atoms with E-state index in [-0.39, 0.29) is 57.6 Å². The van der Waals surface area contributed by atoms with Crippen LogP contribution in [0.15, 0.2) is 11.6 Å². The highest BCUT2D eigenvalue weighted by atomic mass is 16.8. The maximum absolute atomic E-state index is 14.8. The van der Waals surface area contributed by atoms with Gasteiger partial charge in [0.05, 0.1) is 11.5 Å². The van der Waals surface area contributed by atoms with E-state index in [9.17, 15) is 60.0 Å². The summed E-state index contributed by atoms with van der Waals surface area (Å²) in [5, 5.41) is 83.0. The van der Waals surface area contributed by atoms with Gasteiger partial charge in [0, 0.05) is 5.92 Å². The second kappa shape index (κ2) is 17.6. The normalized spacial score (nSPS) is 49.2. The van der Waals surface area contributed by atoms with Crippen LogP contribution in [0.5, 0.6) is 0 Å². The summed E-state index contributed by atoms with van der Waals surface area (Å²) < 4.78 is 23.4. The van der Waals surface area contributed by atoms with Crippen molar-refractivity contribution in [2.75, 3.05) is 0 Å². The number of carboxylic acid groups (broad SMARTS) is 3. The van der Waals surface area contributed by atoms with Gasteiger partial charge in [0.25, 0.3) is 0 Å². The number of fused-ring (bicyclic) bond motifs is 7. The number of aliphatic hydroxyl groups excluding tert-OH is 5. The minimum absolute atomic E-state index is 0. The molecule has 18 N–H and O–H groups in total. The summed E-state index contributed by atoms with van der Waals surface area (Å²) in [7, 11) is 0. The first kappa shape index (κ1) is 53.6. The highest BCUT2D eigenvalue weighted by Gasteiger charge is 2.71. The van der Waals surface area contributed by atoms with E-state index in [0.717, 1.165) is 37.7 Å². The summed E-state index contributed by atoms with van der Waals surface area (Å²) in [4.78, 5) is 51.3. The Morgan fingerprint density at radius 3 is 1.79 bits per heavy atom. The van der Waals surface area contributed by atoms with Crippen LogP contribution in [-0.4, -0.2) is 143 Å². The van der Waals surface area contributed by atoms with Crippen molar-refractivity contribution in [2.45, 2.75) is 174 Å². The van der Waals surface area contributed by atoms with E-state index < -0.39 is 107 Å². The van der Waals surface area contributed by atoms with Gasteiger partial charge in [-0.3, -0.25) is 9.59 Å². The van der Waals surface area contributed by atoms with E-state index >= 15 is 0 Å². The molecule has 4 saturated carbocycles. The Balaban J connectivity index is 0.00000256. The molecule has 62 heavy (non-hydrogen) atoms. The molecule has 0 amide bonds. The Bertz CT molecular complexity index is 1750. The smallest absolute Gasteiger partial charge is 0.335 e. The molecule has 2 aliphatic heterocycles. The van der Waals surface area contributed by atoms with Crippen molar-refractivity contribution in [1.82, 2.24) is 12.3 Å². The molecule has 358 valence electrons. The van der Waals surface area contributed by atoms with Crippen LogP contribution in [0, 0.1) is 50.2 Å². The Labute approximate surface area is 361 Å². The van der Waals surface area contributed by atoms with Crippen molar-refractivity contribution in [3.8, 4) is 0 Å². The third kappa shape index (κ3) is 7.73. The van der Waals surface area contributed by atoms with Gasteiger partial charge in [0.15, 0.2) is 30.6 Å². The molecule has 0 aromatic carbocycles. The first-order valence-electron chi connectivity index (χ1n) is 20.7. The molecule has 20 nitrogen and oxygen atoms in total. The van der Waals surface area contributed by atoms with Gasteiger partial charge in [-0.1, -0.05) is 47.1 Å². The highest BCUT2D eigenvalue weighted by molar-refractivity contribution is 5.95. The molecule has 19 atom stereocenters. The predicted molar refractivity (Wildman–Crippen MR) is 217 cm³/mol. The van der Waals surface area contributed by atoms with Crippen LogP contribution in [-0.2, 0) is 38.1 Å². The molecular formula is C42H72N2O18. The number of allylic oxidation sites excluding steroid dienone is 2. The molecular weight excluding hydrogens is 820 g/mol. The third-order valence-corrected chi connectivity index (χ3v) is 17.2. The molecule has 0 bridgehead atoms. The summed E-state index contributed by atoms with van der Waals surface area (Å²) >= 11 is 0. The van der Waals surface area contributed by atoms with Gasteiger partial charge in [-0.15, -0.1) is 0 Å². The second-order valence-electron chi connectivity index (χ2n) is 20.6. The average molecular weight is 893 g/mol. The van der Waals surface area contributed by atoms with Crippen LogP contribution in [0.4, 0.5) is 0 Å². The van der Waals surface area contributed by atoms with Gasteiger partial charge >= 0.3 is 17.9 Å². The van der Waals surface area contributed by atoms with E-state index in [4.69, 9.17) is 18.9 Å². The number of carboxylic acids is 3. The fourth-order valence-electron chi connectivity index (χ4n) is 13.4. The summed E-state index contributed by atoms with van der Waals surface area (Å²) in [6.45, 7) is 14.8. The van der Waals surface area contributed by atoms with E-state index in [1.807, 2.05) is 26.8 Å². The van der Waals surface area contributed by atoms with Crippen molar-refractivity contribution in [3.05, 3.63) is 11.6 Å². The lowest BCUT2D eigenvalue weighted by Crippen LogP contribution is -2.68. The second-order valence-corrected chi connectivity index (χ2v) is 20.6. The minimum Gasteiger partial charge on any atom is -0.481 e. The molecule has 7 aliphatic rings. The van der Waals surface area contributed by atoms with E-state index in [1.54, 1.807) is 0 Å². The minimum atomic E-state index is -2.05. The average Bonchev–Trinajstić information content (AvgIpc) is 3.13. The first-order chi connectivity index (χ1) is 26.8. The lowest BCUT2D eigenvalue weighted by molar-refractivity contribution is -0.371.